The lowest BCUT2D eigenvalue weighted by Gasteiger charge is -2.45. The van der Waals surface area contributed by atoms with E-state index in [1.165, 1.54) is 0 Å². The monoisotopic (exact) mass is 306 g/mol. The van der Waals surface area contributed by atoms with E-state index < -0.39 is 26.1 Å². The van der Waals surface area contributed by atoms with Crippen molar-refractivity contribution >= 4 is 8.32 Å². The van der Waals surface area contributed by atoms with Gasteiger partial charge in [0.15, 0.2) is 8.32 Å². The predicted molar refractivity (Wildman–Crippen MR) is 85.2 cm³/mol. The molecule has 20 heavy (non-hydrogen) atoms. The van der Waals surface area contributed by atoms with E-state index >= 15 is 0 Å². The van der Waals surface area contributed by atoms with Crippen molar-refractivity contribution in [1.82, 2.24) is 0 Å². The number of hydrogen-bond donors (Lipinski definition) is 3. The third-order valence-electron chi connectivity index (χ3n) is 4.69. The molecule has 0 unspecified atom stereocenters. The quantitative estimate of drug-likeness (QED) is 0.632. The van der Waals surface area contributed by atoms with Crippen LogP contribution >= 0.6 is 0 Å². The Kier molecular flexibility index (Phi) is 6.90. The van der Waals surface area contributed by atoms with Crippen LogP contribution in [-0.4, -0.2) is 48.1 Å². The summed E-state index contributed by atoms with van der Waals surface area (Å²) >= 11 is 0. The lowest BCUT2D eigenvalue weighted by molar-refractivity contribution is -0.150. The Hall–Kier alpha value is 0.0569. The Balaban J connectivity index is 5.18. The van der Waals surface area contributed by atoms with E-state index in [0.717, 1.165) is 0 Å². The number of aliphatic hydroxyl groups is 3. The summed E-state index contributed by atoms with van der Waals surface area (Å²) in [7, 11) is -2.02. The molecule has 0 spiro atoms. The van der Waals surface area contributed by atoms with Crippen molar-refractivity contribution in [3.63, 3.8) is 0 Å². The predicted octanol–water partition coefficient (Wildman–Crippen LogP) is 2.53. The summed E-state index contributed by atoms with van der Waals surface area (Å²) in [4.78, 5) is 0. The Morgan fingerprint density at radius 1 is 1.15 bits per heavy atom. The van der Waals surface area contributed by atoms with E-state index in [2.05, 4.69) is 33.9 Å². The average Bonchev–Trinajstić information content (AvgIpc) is 2.32. The molecule has 0 aromatic rings. The summed E-state index contributed by atoms with van der Waals surface area (Å²) in [6.45, 7) is 15.8. The first-order valence-corrected chi connectivity index (χ1v) is 10.4. The van der Waals surface area contributed by atoms with Gasteiger partial charge in [-0.05, 0) is 31.5 Å². The topological polar surface area (TPSA) is 69.9 Å². The number of hydrogen-bond acceptors (Lipinski definition) is 4. The highest BCUT2D eigenvalue weighted by Gasteiger charge is 2.46. The van der Waals surface area contributed by atoms with E-state index in [9.17, 15) is 15.3 Å². The Bertz CT molecular complexity index is 297. The molecule has 0 saturated heterocycles. The molecule has 0 aromatic heterocycles. The van der Waals surface area contributed by atoms with E-state index in [4.69, 9.17) is 4.43 Å². The van der Waals surface area contributed by atoms with Crippen LogP contribution in [0.3, 0.4) is 0 Å². The van der Waals surface area contributed by atoms with Crippen LogP contribution in [0.1, 0.15) is 48.0 Å². The minimum absolute atomic E-state index is 0.0457. The fourth-order valence-corrected chi connectivity index (χ4v) is 3.48. The zero-order valence-electron chi connectivity index (χ0n) is 14.4. The van der Waals surface area contributed by atoms with Crippen LogP contribution in [0.15, 0.2) is 0 Å². The Morgan fingerprint density at radius 3 is 1.90 bits per heavy atom. The minimum Gasteiger partial charge on any atom is -0.411 e. The molecule has 0 heterocycles. The maximum absolute atomic E-state index is 10.7. The third kappa shape index (κ3) is 4.53. The van der Waals surface area contributed by atoms with Gasteiger partial charge in [0, 0.05) is 12.5 Å². The Labute approximate surface area is 125 Å². The third-order valence-corrected chi connectivity index (χ3v) is 9.18. The average molecular weight is 307 g/mol. The van der Waals surface area contributed by atoms with Gasteiger partial charge in [-0.25, -0.2) is 0 Å². The molecule has 0 aliphatic carbocycles. The lowest BCUT2D eigenvalue weighted by Crippen LogP contribution is -2.57. The van der Waals surface area contributed by atoms with Crippen molar-refractivity contribution in [2.75, 3.05) is 6.61 Å². The highest BCUT2D eigenvalue weighted by Crippen LogP contribution is 2.39. The zero-order valence-corrected chi connectivity index (χ0v) is 15.4. The molecule has 0 amide bonds. The molecule has 3 N–H and O–H groups in total. The van der Waals surface area contributed by atoms with Gasteiger partial charge in [0.25, 0.3) is 0 Å². The molecule has 0 bridgehead atoms. The summed E-state index contributed by atoms with van der Waals surface area (Å²) in [6, 6.07) is 0. The first-order chi connectivity index (χ1) is 8.81. The molecular weight excluding hydrogens is 272 g/mol. The molecule has 5 heteroatoms. The molecule has 0 aliphatic rings. The standard InChI is InChI=1S/C15H34O4Si/c1-9-12(19-20(7,8)14(3,4)5)15(6,18)13(17)11(2)10-16/h11-13,16-18H,9-10H2,1-8H3/t11-,12+,13+,15+/m0/s1. The van der Waals surface area contributed by atoms with E-state index in [-0.39, 0.29) is 17.6 Å². The molecular formula is C15H34O4Si. The SMILES string of the molecule is CC[C@@H](O[Si](C)(C)C(C)(C)C)[C@@](C)(O)[C@H](O)[C@@H](C)CO. The summed E-state index contributed by atoms with van der Waals surface area (Å²) in [5.74, 6) is -0.387. The van der Waals surface area contributed by atoms with Crippen LogP contribution in [0, 0.1) is 5.92 Å². The second-order valence-electron chi connectivity index (χ2n) is 7.61. The highest BCUT2D eigenvalue weighted by molar-refractivity contribution is 6.74. The normalized spacial score (nSPS) is 21.1. The second kappa shape index (κ2) is 6.88. The maximum Gasteiger partial charge on any atom is 0.192 e. The fraction of sp³-hybridized carbons (Fsp3) is 1.00. The van der Waals surface area contributed by atoms with Crippen molar-refractivity contribution in [3.05, 3.63) is 0 Å². The second-order valence-corrected chi connectivity index (χ2v) is 12.4. The fourth-order valence-electron chi connectivity index (χ4n) is 2.01. The molecule has 4 nitrogen and oxygen atoms in total. The van der Waals surface area contributed by atoms with Gasteiger partial charge < -0.3 is 19.7 Å². The van der Waals surface area contributed by atoms with Crippen LogP contribution in [-0.2, 0) is 4.43 Å². The van der Waals surface area contributed by atoms with Crippen LogP contribution in [0.25, 0.3) is 0 Å². The van der Waals surface area contributed by atoms with E-state index in [1.54, 1.807) is 13.8 Å². The van der Waals surface area contributed by atoms with E-state index in [0.29, 0.717) is 6.42 Å². The van der Waals surface area contributed by atoms with Crippen molar-refractivity contribution in [2.45, 2.75) is 83.9 Å². The summed E-state index contributed by atoms with van der Waals surface area (Å²) in [5.41, 5.74) is -1.37. The van der Waals surface area contributed by atoms with Crippen molar-refractivity contribution in [3.8, 4) is 0 Å². The van der Waals surface area contributed by atoms with Crippen molar-refractivity contribution in [1.29, 1.82) is 0 Å². The van der Waals surface area contributed by atoms with Crippen LogP contribution in [0.4, 0.5) is 0 Å². The molecule has 0 saturated carbocycles. The smallest absolute Gasteiger partial charge is 0.192 e. The molecule has 4 atom stereocenters. The molecule has 0 fully saturated rings. The van der Waals surface area contributed by atoms with Crippen LogP contribution in [0.5, 0.6) is 0 Å². The number of rotatable bonds is 7. The van der Waals surface area contributed by atoms with Gasteiger partial charge in [0.2, 0.25) is 0 Å². The summed E-state index contributed by atoms with van der Waals surface area (Å²) < 4.78 is 6.28. The first kappa shape index (κ1) is 20.1. The van der Waals surface area contributed by atoms with Gasteiger partial charge in [-0.2, -0.15) is 0 Å². The largest absolute Gasteiger partial charge is 0.411 e. The maximum atomic E-state index is 10.7. The van der Waals surface area contributed by atoms with Gasteiger partial charge >= 0.3 is 0 Å². The lowest BCUT2D eigenvalue weighted by atomic mass is 9.84. The molecule has 0 aromatic carbocycles. The minimum atomic E-state index is -2.02. The van der Waals surface area contributed by atoms with Crippen LogP contribution < -0.4 is 0 Å². The molecule has 0 radical (unpaired) electrons. The van der Waals surface area contributed by atoms with Crippen molar-refractivity contribution in [2.24, 2.45) is 5.92 Å². The van der Waals surface area contributed by atoms with Gasteiger partial charge in [0.1, 0.15) is 5.60 Å². The number of aliphatic hydroxyl groups excluding tert-OH is 2. The van der Waals surface area contributed by atoms with E-state index in [1.807, 2.05) is 6.92 Å². The summed E-state index contributed by atoms with van der Waals surface area (Å²) in [6.07, 6.45) is -0.830. The van der Waals surface area contributed by atoms with Gasteiger partial charge in [-0.3, -0.25) is 0 Å². The molecule has 0 aliphatic heterocycles. The highest BCUT2D eigenvalue weighted by atomic mass is 28.4. The Morgan fingerprint density at radius 2 is 1.60 bits per heavy atom. The molecule has 122 valence electrons. The van der Waals surface area contributed by atoms with Gasteiger partial charge in [0.05, 0.1) is 12.2 Å². The zero-order chi connectivity index (χ0) is 16.4. The van der Waals surface area contributed by atoms with Gasteiger partial charge in [-0.15, -0.1) is 0 Å². The first-order valence-electron chi connectivity index (χ1n) is 7.50. The molecule has 0 rings (SSSR count). The van der Waals surface area contributed by atoms with Gasteiger partial charge in [-0.1, -0.05) is 34.6 Å². The van der Waals surface area contributed by atoms with Crippen LogP contribution in [0.2, 0.25) is 18.1 Å². The summed E-state index contributed by atoms with van der Waals surface area (Å²) in [5, 5.41) is 30.2. The van der Waals surface area contributed by atoms with Crippen molar-refractivity contribution < 1.29 is 19.7 Å².